The number of amides is 1. The lowest BCUT2D eigenvalue weighted by Gasteiger charge is -2.43. The van der Waals surface area contributed by atoms with Crippen molar-refractivity contribution >= 4 is 17.6 Å². The van der Waals surface area contributed by atoms with Gasteiger partial charge in [-0.3, -0.25) is 9.59 Å². The number of esters is 1. The van der Waals surface area contributed by atoms with E-state index < -0.39 is 12.6 Å². The third-order valence-electron chi connectivity index (χ3n) is 6.25. The molecule has 190 valence electrons. The van der Waals surface area contributed by atoms with Crippen molar-refractivity contribution in [2.24, 2.45) is 5.92 Å². The lowest BCUT2D eigenvalue weighted by molar-refractivity contribution is -0.149. The molecular formula is C25H36F2N2O5. The van der Waals surface area contributed by atoms with Gasteiger partial charge in [0.25, 0.3) is 0 Å². The van der Waals surface area contributed by atoms with Crippen molar-refractivity contribution in [3.05, 3.63) is 18.2 Å². The molecule has 0 radical (unpaired) electrons. The van der Waals surface area contributed by atoms with E-state index in [1.807, 2.05) is 0 Å². The van der Waals surface area contributed by atoms with Crippen LogP contribution in [0.5, 0.6) is 11.5 Å². The average molecular weight is 483 g/mol. The van der Waals surface area contributed by atoms with Crippen LogP contribution in [0.15, 0.2) is 18.2 Å². The van der Waals surface area contributed by atoms with E-state index in [-0.39, 0.29) is 36.8 Å². The van der Waals surface area contributed by atoms with Crippen molar-refractivity contribution in [3.8, 4) is 11.5 Å². The standard InChI is InChI=1S/C25H36F2N2O5/c1-4-32-24(31)15-23(30)29-12-11-28(16-19(29)13-17(2)3)18-9-10-21(34-25(26)27)22(14-18)33-20-7-5-6-8-20/h9-10,14,17,19-20,25H,4-8,11-13,15-16H2,1-3H3/t19-/m0/s1. The number of carbonyl (C=O) groups excluding carboxylic acids is 2. The highest BCUT2D eigenvalue weighted by molar-refractivity contribution is 5.94. The zero-order chi connectivity index (χ0) is 24.7. The van der Waals surface area contributed by atoms with Crippen LogP contribution in [0, 0.1) is 5.92 Å². The van der Waals surface area contributed by atoms with Crippen LogP contribution in [0.2, 0.25) is 0 Å². The van der Waals surface area contributed by atoms with Crippen molar-refractivity contribution in [2.75, 3.05) is 31.1 Å². The monoisotopic (exact) mass is 482 g/mol. The first-order chi connectivity index (χ1) is 16.3. The number of carbonyl (C=O) groups is 2. The van der Waals surface area contributed by atoms with Crippen LogP contribution in [0.25, 0.3) is 0 Å². The second-order valence-electron chi connectivity index (χ2n) is 9.33. The molecule has 1 amide bonds. The summed E-state index contributed by atoms with van der Waals surface area (Å²) in [5.41, 5.74) is 0.834. The molecule has 1 aromatic carbocycles. The van der Waals surface area contributed by atoms with Crippen molar-refractivity contribution < 1.29 is 32.6 Å². The maximum Gasteiger partial charge on any atom is 0.387 e. The Labute approximate surface area is 200 Å². The summed E-state index contributed by atoms with van der Waals surface area (Å²) in [5, 5.41) is 0. The molecular weight excluding hydrogens is 446 g/mol. The first kappa shape index (κ1) is 26.0. The largest absolute Gasteiger partial charge is 0.486 e. The van der Waals surface area contributed by atoms with Crippen molar-refractivity contribution in [3.63, 3.8) is 0 Å². The summed E-state index contributed by atoms with van der Waals surface area (Å²) in [6.07, 6.45) is 4.44. The number of piperazine rings is 1. The molecule has 1 aromatic rings. The van der Waals surface area contributed by atoms with Crippen LogP contribution in [0.3, 0.4) is 0 Å². The number of rotatable bonds is 10. The number of benzene rings is 1. The molecule has 0 unspecified atom stereocenters. The van der Waals surface area contributed by atoms with Gasteiger partial charge in [-0.2, -0.15) is 8.78 Å². The zero-order valence-corrected chi connectivity index (χ0v) is 20.3. The Morgan fingerprint density at radius 3 is 2.50 bits per heavy atom. The average Bonchev–Trinajstić information content (AvgIpc) is 3.27. The molecule has 1 heterocycles. The fourth-order valence-corrected chi connectivity index (χ4v) is 4.77. The minimum absolute atomic E-state index is 0.00121. The van der Waals surface area contributed by atoms with Gasteiger partial charge in [-0.25, -0.2) is 0 Å². The van der Waals surface area contributed by atoms with E-state index in [1.54, 1.807) is 24.0 Å². The van der Waals surface area contributed by atoms with Gasteiger partial charge in [-0.15, -0.1) is 0 Å². The van der Waals surface area contributed by atoms with E-state index >= 15 is 0 Å². The number of alkyl halides is 2. The third-order valence-corrected chi connectivity index (χ3v) is 6.25. The summed E-state index contributed by atoms with van der Waals surface area (Å²) in [6.45, 7) is 4.81. The fraction of sp³-hybridized carbons (Fsp3) is 0.680. The number of halogens is 2. The molecule has 1 saturated carbocycles. The predicted molar refractivity (Wildman–Crippen MR) is 124 cm³/mol. The van der Waals surface area contributed by atoms with Gasteiger partial charge in [-0.05, 0) is 57.1 Å². The quantitative estimate of drug-likeness (QED) is 0.358. The summed E-state index contributed by atoms with van der Waals surface area (Å²) in [6, 6.07) is 4.97. The summed E-state index contributed by atoms with van der Waals surface area (Å²) in [5.74, 6) is -0.0271. The van der Waals surface area contributed by atoms with Crippen LogP contribution in [-0.4, -0.2) is 61.8 Å². The summed E-state index contributed by atoms with van der Waals surface area (Å²) in [4.78, 5) is 28.6. The van der Waals surface area contributed by atoms with Gasteiger partial charge in [0.05, 0.1) is 12.7 Å². The second kappa shape index (κ2) is 12.2. The third kappa shape index (κ3) is 7.21. The van der Waals surface area contributed by atoms with Crippen LogP contribution < -0.4 is 14.4 Å². The number of ether oxygens (including phenoxy) is 3. The van der Waals surface area contributed by atoms with Crippen LogP contribution in [0.4, 0.5) is 14.5 Å². The van der Waals surface area contributed by atoms with E-state index in [9.17, 15) is 18.4 Å². The maximum atomic E-state index is 12.9. The molecule has 2 aliphatic rings. The molecule has 9 heteroatoms. The minimum Gasteiger partial charge on any atom is -0.486 e. The second-order valence-corrected chi connectivity index (χ2v) is 9.33. The fourth-order valence-electron chi connectivity index (χ4n) is 4.77. The van der Waals surface area contributed by atoms with E-state index in [4.69, 9.17) is 14.2 Å². The van der Waals surface area contributed by atoms with E-state index in [2.05, 4.69) is 18.7 Å². The lowest BCUT2D eigenvalue weighted by Crippen LogP contribution is -2.56. The number of hydrogen-bond acceptors (Lipinski definition) is 6. The molecule has 3 rings (SSSR count). The van der Waals surface area contributed by atoms with Crippen molar-refractivity contribution in [2.45, 2.75) is 78.1 Å². The number of hydrogen-bond donors (Lipinski definition) is 0. The summed E-state index contributed by atoms with van der Waals surface area (Å²) >= 11 is 0. The minimum atomic E-state index is -2.93. The van der Waals surface area contributed by atoms with Crippen molar-refractivity contribution in [1.82, 2.24) is 4.90 Å². The Kier molecular flexibility index (Phi) is 9.36. The van der Waals surface area contributed by atoms with Gasteiger partial charge in [0.2, 0.25) is 5.91 Å². The van der Waals surface area contributed by atoms with E-state index in [0.29, 0.717) is 31.3 Å². The van der Waals surface area contributed by atoms with Crippen molar-refractivity contribution in [1.29, 1.82) is 0 Å². The summed E-state index contributed by atoms with van der Waals surface area (Å²) in [7, 11) is 0. The van der Waals surface area contributed by atoms with E-state index in [1.165, 1.54) is 6.07 Å². The van der Waals surface area contributed by atoms with Gasteiger partial charge < -0.3 is 24.0 Å². The van der Waals surface area contributed by atoms with Crippen LogP contribution in [0.1, 0.15) is 59.3 Å². The molecule has 2 fully saturated rings. The van der Waals surface area contributed by atoms with Gasteiger partial charge in [-0.1, -0.05) is 13.8 Å². The smallest absolute Gasteiger partial charge is 0.387 e. The molecule has 1 saturated heterocycles. The molecule has 0 bridgehead atoms. The first-order valence-corrected chi connectivity index (χ1v) is 12.2. The molecule has 1 aliphatic carbocycles. The van der Waals surface area contributed by atoms with Crippen LogP contribution in [-0.2, 0) is 14.3 Å². The Morgan fingerprint density at radius 2 is 1.85 bits per heavy atom. The molecule has 0 aromatic heterocycles. The Morgan fingerprint density at radius 1 is 1.12 bits per heavy atom. The molecule has 1 atom stereocenters. The Hall–Kier alpha value is -2.58. The predicted octanol–water partition coefficient (Wildman–Crippen LogP) is 4.63. The normalized spacial score (nSPS) is 19.1. The maximum absolute atomic E-state index is 12.9. The Balaban J connectivity index is 1.76. The summed E-state index contributed by atoms with van der Waals surface area (Å²) < 4.78 is 41.6. The molecule has 0 spiro atoms. The van der Waals surface area contributed by atoms with Gasteiger partial charge in [0.1, 0.15) is 6.42 Å². The highest BCUT2D eigenvalue weighted by Gasteiger charge is 2.32. The number of anilines is 1. The molecule has 0 N–H and O–H groups in total. The lowest BCUT2D eigenvalue weighted by atomic mass is 9.99. The molecule has 34 heavy (non-hydrogen) atoms. The van der Waals surface area contributed by atoms with Gasteiger partial charge in [0.15, 0.2) is 11.5 Å². The highest BCUT2D eigenvalue weighted by Crippen LogP contribution is 2.37. The zero-order valence-electron chi connectivity index (χ0n) is 20.3. The van der Waals surface area contributed by atoms with Gasteiger partial charge >= 0.3 is 12.6 Å². The van der Waals surface area contributed by atoms with Crippen LogP contribution >= 0.6 is 0 Å². The topological polar surface area (TPSA) is 68.3 Å². The Bertz CT molecular complexity index is 830. The SMILES string of the molecule is CCOC(=O)CC(=O)N1CCN(c2ccc(OC(F)F)c(OC3CCCC3)c2)C[C@@H]1CC(C)C. The number of nitrogens with zero attached hydrogens (tertiary/aromatic N) is 2. The van der Waals surface area contributed by atoms with E-state index in [0.717, 1.165) is 37.8 Å². The molecule has 7 nitrogen and oxygen atoms in total. The highest BCUT2D eigenvalue weighted by atomic mass is 19.3. The molecule has 1 aliphatic heterocycles. The first-order valence-electron chi connectivity index (χ1n) is 12.2. The van der Waals surface area contributed by atoms with Gasteiger partial charge in [0, 0.05) is 37.4 Å².